The lowest BCUT2D eigenvalue weighted by Crippen LogP contribution is -2.58. The van der Waals surface area contributed by atoms with Gasteiger partial charge >= 0.3 is 12.1 Å². The lowest BCUT2D eigenvalue weighted by atomic mass is 9.93. The SMILES string of the molecule is CC(C)N1CCN([C@@H]2C[C@@H](C(=O)O)CN(C(=O)OCc3ccccc3)C2)CC1. The minimum absolute atomic E-state index is 0.0634. The summed E-state index contributed by atoms with van der Waals surface area (Å²) in [5.41, 5.74) is 0.920. The van der Waals surface area contributed by atoms with Crippen molar-refractivity contribution in [1.82, 2.24) is 14.7 Å². The third kappa shape index (κ3) is 5.23. The number of hydrogen-bond donors (Lipinski definition) is 1. The monoisotopic (exact) mass is 389 g/mol. The largest absolute Gasteiger partial charge is 0.481 e. The van der Waals surface area contributed by atoms with Crippen LogP contribution in [0.2, 0.25) is 0 Å². The van der Waals surface area contributed by atoms with Crippen LogP contribution >= 0.6 is 0 Å². The van der Waals surface area contributed by atoms with E-state index in [0.717, 1.165) is 31.7 Å². The van der Waals surface area contributed by atoms with Crippen molar-refractivity contribution >= 4 is 12.1 Å². The van der Waals surface area contributed by atoms with Gasteiger partial charge in [-0.1, -0.05) is 30.3 Å². The van der Waals surface area contributed by atoms with Gasteiger partial charge in [0.1, 0.15) is 6.61 Å². The Bertz CT molecular complexity index is 659. The van der Waals surface area contributed by atoms with E-state index >= 15 is 0 Å². The summed E-state index contributed by atoms with van der Waals surface area (Å²) in [7, 11) is 0. The molecule has 2 saturated heterocycles. The molecule has 0 radical (unpaired) electrons. The molecule has 0 bridgehead atoms. The molecule has 0 unspecified atom stereocenters. The van der Waals surface area contributed by atoms with Crippen LogP contribution in [-0.4, -0.2) is 83.2 Å². The van der Waals surface area contributed by atoms with Crippen molar-refractivity contribution in [3.05, 3.63) is 35.9 Å². The van der Waals surface area contributed by atoms with Crippen molar-refractivity contribution in [3.8, 4) is 0 Å². The average Bonchev–Trinajstić information content (AvgIpc) is 2.72. The van der Waals surface area contributed by atoms with Crippen molar-refractivity contribution in [2.24, 2.45) is 5.92 Å². The van der Waals surface area contributed by atoms with E-state index in [0.29, 0.717) is 19.0 Å². The molecule has 0 aliphatic carbocycles. The molecule has 1 N–H and O–H groups in total. The predicted octanol–water partition coefficient (Wildman–Crippen LogP) is 2.12. The van der Waals surface area contributed by atoms with Gasteiger partial charge in [-0.25, -0.2) is 4.79 Å². The molecule has 2 aliphatic heterocycles. The number of carboxylic acids is 1. The lowest BCUT2D eigenvalue weighted by Gasteiger charge is -2.45. The summed E-state index contributed by atoms with van der Waals surface area (Å²) in [4.78, 5) is 30.6. The van der Waals surface area contributed by atoms with Crippen LogP contribution < -0.4 is 0 Å². The number of ether oxygens (including phenoxy) is 1. The molecule has 0 spiro atoms. The van der Waals surface area contributed by atoms with Crippen molar-refractivity contribution in [1.29, 1.82) is 0 Å². The Hall–Kier alpha value is -2.12. The summed E-state index contributed by atoms with van der Waals surface area (Å²) in [6.45, 7) is 9.09. The van der Waals surface area contributed by atoms with Gasteiger partial charge in [0.05, 0.1) is 5.92 Å². The van der Waals surface area contributed by atoms with E-state index in [4.69, 9.17) is 4.74 Å². The molecule has 2 aliphatic rings. The number of carboxylic acid groups (broad SMARTS) is 1. The number of benzene rings is 1. The fraction of sp³-hybridized carbons (Fsp3) is 0.619. The van der Waals surface area contributed by atoms with E-state index in [1.165, 1.54) is 0 Å². The average molecular weight is 389 g/mol. The molecule has 7 nitrogen and oxygen atoms in total. The molecule has 0 aromatic heterocycles. The van der Waals surface area contributed by atoms with Crippen LogP contribution in [0.1, 0.15) is 25.8 Å². The lowest BCUT2D eigenvalue weighted by molar-refractivity contribution is -0.144. The zero-order valence-corrected chi connectivity index (χ0v) is 16.8. The number of likely N-dealkylation sites (tertiary alicyclic amines) is 1. The Balaban J connectivity index is 1.60. The zero-order chi connectivity index (χ0) is 20.1. The molecule has 2 fully saturated rings. The highest BCUT2D eigenvalue weighted by molar-refractivity contribution is 5.73. The Kier molecular flexibility index (Phi) is 6.91. The van der Waals surface area contributed by atoms with E-state index in [-0.39, 0.29) is 19.2 Å². The van der Waals surface area contributed by atoms with Crippen LogP contribution in [0.25, 0.3) is 0 Å². The molecule has 154 valence electrons. The fourth-order valence-corrected chi connectivity index (χ4v) is 4.09. The van der Waals surface area contributed by atoms with E-state index in [1.807, 2.05) is 30.3 Å². The first-order valence-corrected chi connectivity index (χ1v) is 10.1. The number of carbonyl (C=O) groups is 2. The number of piperazine rings is 1. The van der Waals surface area contributed by atoms with Crippen LogP contribution in [-0.2, 0) is 16.1 Å². The number of aliphatic carboxylic acids is 1. The maximum atomic E-state index is 12.6. The van der Waals surface area contributed by atoms with Gasteiger partial charge in [-0.15, -0.1) is 0 Å². The minimum Gasteiger partial charge on any atom is -0.481 e. The Morgan fingerprint density at radius 2 is 1.79 bits per heavy atom. The highest BCUT2D eigenvalue weighted by Crippen LogP contribution is 2.24. The molecule has 3 rings (SSSR count). The van der Waals surface area contributed by atoms with Gasteiger partial charge in [-0.05, 0) is 25.8 Å². The summed E-state index contributed by atoms with van der Waals surface area (Å²) in [5, 5.41) is 9.57. The van der Waals surface area contributed by atoms with Crippen LogP contribution in [0.3, 0.4) is 0 Å². The van der Waals surface area contributed by atoms with Crippen LogP contribution in [0.5, 0.6) is 0 Å². The third-order valence-electron chi connectivity index (χ3n) is 5.84. The van der Waals surface area contributed by atoms with Crippen LogP contribution in [0.4, 0.5) is 4.79 Å². The van der Waals surface area contributed by atoms with Gasteiger partial charge in [-0.2, -0.15) is 0 Å². The van der Waals surface area contributed by atoms with E-state index < -0.39 is 18.0 Å². The molecular weight excluding hydrogens is 358 g/mol. The fourth-order valence-electron chi connectivity index (χ4n) is 4.09. The molecule has 1 aromatic carbocycles. The molecule has 2 atom stereocenters. The number of nitrogens with zero attached hydrogens (tertiary/aromatic N) is 3. The van der Waals surface area contributed by atoms with Crippen LogP contribution in [0.15, 0.2) is 30.3 Å². The topological polar surface area (TPSA) is 73.3 Å². The second-order valence-electron chi connectivity index (χ2n) is 8.04. The van der Waals surface area contributed by atoms with Crippen molar-refractivity contribution in [3.63, 3.8) is 0 Å². The van der Waals surface area contributed by atoms with Gasteiger partial charge in [-0.3, -0.25) is 14.6 Å². The van der Waals surface area contributed by atoms with Crippen LogP contribution in [0, 0.1) is 5.92 Å². The molecule has 28 heavy (non-hydrogen) atoms. The third-order valence-corrected chi connectivity index (χ3v) is 5.84. The number of carbonyl (C=O) groups excluding carboxylic acids is 1. The number of hydrogen-bond acceptors (Lipinski definition) is 5. The number of piperidine rings is 1. The number of amides is 1. The van der Waals surface area contributed by atoms with Crippen molar-refractivity contribution < 1.29 is 19.4 Å². The second-order valence-corrected chi connectivity index (χ2v) is 8.04. The quantitative estimate of drug-likeness (QED) is 0.832. The number of rotatable bonds is 5. The highest BCUT2D eigenvalue weighted by atomic mass is 16.6. The van der Waals surface area contributed by atoms with Gasteiger partial charge in [0.15, 0.2) is 0 Å². The highest BCUT2D eigenvalue weighted by Gasteiger charge is 2.38. The maximum absolute atomic E-state index is 12.6. The Labute approximate surface area is 166 Å². The first kappa shape index (κ1) is 20.6. The van der Waals surface area contributed by atoms with E-state index in [1.54, 1.807) is 4.90 Å². The molecule has 0 saturated carbocycles. The summed E-state index contributed by atoms with van der Waals surface area (Å²) in [5.74, 6) is -1.39. The van der Waals surface area contributed by atoms with Gasteiger partial charge in [0.25, 0.3) is 0 Å². The maximum Gasteiger partial charge on any atom is 0.410 e. The summed E-state index contributed by atoms with van der Waals surface area (Å²) >= 11 is 0. The zero-order valence-electron chi connectivity index (χ0n) is 16.8. The van der Waals surface area contributed by atoms with Gasteiger partial charge in [0.2, 0.25) is 0 Å². The van der Waals surface area contributed by atoms with Crippen molar-refractivity contribution in [2.45, 2.75) is 39.0 Å². The minimum atomic E-state index is -0.841. The molecule has 1 amide bonds. The standard InChI is InChI=1S/C21H31N3O4/c1-16(2)22-8-10-23(11-9-22)19-12-18(20(25)26)13-24(14-19)21(27)28-15-17-6-4-3-5-7-17/h3-7,16,18-19H,8-15H2,1-2H3,(H,25,26)/t18-,19-/m1/s1. The Morgan fingerprint density at radius 1 is 1.11 bits per heavy atom. The van der Waals surface area contributed by atoms with Gasteiger partial charge < -0.3 is 14.7 Å². The molecule has 7 heteroatoms. The summed E-state index contributed by atoms with van der Waals surface area (Å²) in [6, 6.07) is 10.1. The molecule has 1 aromatic rings. The molecular formula is C21H31N3O4. The normalized spacial score (nSPS) is 24.3. The predicted molar refractivity (Wildman–Crippen MR) is 106 cm³/mol. The first-order chi connectivity index (χ1) is 13.4. The smallest absolute Gasteiger partial charge is 0.410 e. The summed E-state index contributed by atoms with van der Waals surface area (Å²) < 4.78 is 5.45. The Morgan fingerprint density at radius 3 is 2.39 bits per heavy atom. The van der Waals surface area contributed by atoms with E-state index in [9.17, 15) is 14.7 Å². The van der Waals surface area contributed by atoms with Gasteiger partial charge in [0, 0.05) is 51.4 Å². The molecule has 2 heterocycles. The first-order valence-electron chi connectivity index (χ1n) is 10.1. The second kappa shape index (κ2) is 9.39. The summed E-state index contributed by atoms with van der Waals surface area (Å²) in [6.07, 6.45) is 0.153. The van der Waals surface area contributed by atoms with Crippen molar-refractivity contribution in [2.75, 3.05) is 39.3 Å². The van der Waals surface area contributed by atoms with E-state index in [2.05, 4.69) is 23.6 Å².